The lowest BCUT2D eigenvalue weighted by Gasteiger charge is -2.18. The van der Waals surface area contributed by atoms with Gasteiger partial charge in [0, 0.05) is 24.8 Å². The number of carbonyl (C=O) groups is 1. The van der Waals surface area contributed by atoms with Gasteiger partial charge in [-0.25, -0.2) is 0 Å². The summed E-state index contributed by atoms with van der Waals surface area (Å²) in [4.78, 5) is 12.5. The van der Waals surface area contributed by atoms with E-state index in [0.717, 1.165) is 31.5 Å². The Bertz CT molecular complexity index is 409. The molecule has 18 heavy (non-hydrogen) atoms. The average Bonchev–Trinajstić information content (AvgIpc) is 2.93. The van der Waals surface area contributed by atoms with Gasteiger partial charge in [0.1, 0.15) is 12.0 Å². The van der Waals surface area contributed by atoms with Gasteiger partial charge in [-0.05, 0) is 37.5 Å². The Balaban J connectivity index is 1.86. The molecule has 0 N–H and O–H groups in total. The number of ether oxygens (including phenoxy) is 1. The van der Waals surface area contributed by atoms with E-state index in [4.69, 9.17) is 4.74 Å². The fourth-order valence-electron chi connectivity index (χ4n) is 2.14. The third-order valence-electron chi connectivity index (χ3n) is 3.06. The highest BCUT2D eigenvalue weighted by molar-refractivity contribution is 5.64. The van der Waals surface area contributed by atoms with Crippen molar-refractivity contribution in [3.8, 4) is 5.75 Å². The van der Waals surface area contributed by atoms with Crippen molar-refractivity contribution >= 4 is 12.0 Å². The van der Waals surface area contributed by atoms with E-state index >= 15 is 0 Å². The summed E-state index contributed by atoms with van der Waals surface area (Å²) in [5, 5.41) is 0. The predicted molar refractivity (Wildman–Crippen MR) is 73.2 cm³/mol. The van der Waals surface area contributed by atoms with E-state index in [0.29, 0.717) is 6.61 Å². The maximum absolute atomic E-state index is 10.1. The molecule has 1 aliphatic heterocycles. The minimum atomic E-state index is 0.605. The molecule has 0 radical (unpaired) electrons. The summed E-state index contributed by atoms with van der Waals surface area (Å²) in [6.45, 7) is 2.89. The van der Waals surface area contributed by atoms with Crippen molar-refractivity contribution in [1.82, 2.24) is 0 Å². The second-order valence-corrected chi connectivity index (χ2v) is 4.39. The minimum absolute atomic E-state index is 0.605. The standard InChI is InChI=1S/C15H19NO2/c17-11-4-1-5-12-18-15-8-6-7-14(13-15)16-9-2-3-10-16/h1,4,6-8,11,13H,2-3,5,9-10,12H2/b4-1+. The number of benzene rings is 1. The second kappa shape index (κ2) is 6.84. The van der Waals surface area contributed by atoms with Gasteiger partial charge in [-0.15, -0.1) is 0 Å². The molecular formula is C15H19NO2. The van der Waals surface area contributed by atoms with Gasteiger partial charge in [0.25, 0.3) is 0 Å². The van der Waals surface area contributed by atoms with Crippen molar-refractivity contribution < 1.29 is 9.53 Å². The highest BCUT2D eigenvalue weighted by Gasteiger charge is 2.12. The van der Waals surface area contributed by atoms with E-state index in [1.54, 1.807) is 0 Å². The fourth-order valence-corrected chi connectivity index (χ4v) is 2.14. The summed E-state index contributed by atoms with van der Waals surface area (Å²) >= 11 is 0. The topological polar surface area (TPSA) is 29.5 Å². The van der Waals surface area contributed by atoms with Gasteiger partial charge in [0.15, 0.2) is 0 Å². The minimum Gasteiger partial charge on any atom is -0.493 e. The van der Waals surface area contributed by atoms with Crippen molar-refractivity contribution in [2.45, 2.75) is 19.3 Å². The molecule has 1 aromatic carbocycles. The Kier molecular flexibility index (Phi) is 4.82. The predicted octanol–water partition coefficient (Wildman–Crippen LogP) is 2.81. The fraction of sp³-hybridized carbons (Fsp3) is 0.400. The average molecular weight is 245 g/mol. The Labute approximate surface area is 108 Å². The molecule has 0 saturated carbocycles. The maximum Gasteiger partial charge on any atom is 0.142 e. The first-order valence-electron chi connectivity index (χ1n) is 6.48. The molecular weight excluding hydrogens is 226 g/mol. The molecule has 1 fully saturated rings. The summed E-state index contributed by atoms with van der Waals surface area (Å²) in [5.41, 5.74) is 1.24. The number of hydrogen-bond donors (Lipinski definition) is 0. The van der Waals surface area contributed by atoms with Crippen LogP contribution in [0.25, 0.3) is 0 Å². The normalized spacial score (nSPS) is 15.2. The van der Waals surface area contributed by atoms with Gasteiger partial charge in [0.2, 0.25) is 0 Å². The van der Waals surface area contributed by atoms with Crippen LogP contribution in [0.2, 0.25) is 0 Å². The Morgan fingerprint density at radius 1 is 1.28 bits per heavy atom. The molecule has 0 atom stereocenters. The SMILES string of the molecule is O=C/C=C/CCOc1cccc(N2CCCC2)c1. The molecule has 2 rings (SSSR count). The maximum atomic E-state index is 10.1. The first-order valence-corrected chi connectivity index (χ1v) is 6.48. The van der Waals surface area contributed by atoms with Gasteiger partial charge in [0.05, 0.1) is 6.61 Å². The van der Waals surface area contributed by atoms with Crippen molar-refractivity contribution in [1.29, 1.82) is 0 Å². The van der Waals surface area contributed by atoms with Crippen LogP contribution >= 0.6 is 0 Å². The summed E-state index contributed by atoms with van der Waals surface area (Å²) in [7, 11) is 0. The lowest BCUT2D eigenvalue weighted by Crippen LogP contribution is -2.17. The van der Waals surface area contributed by atoms with Crippen LogP contribution in [0, 0.1) is 0 Å². The van der Waals surface area contributed by atoms with E-state index in [-0.39, 0.29) is 0 Å². The number of anilines is 1. The number of rotatable bonds is 6. The smallest absolute Gasteiger partial charge is 0.142 e. The quantitative estimate of drug-likeness (QED) is 0.438. The molecule has 0 amide bonds. The highest BCUT2D eigenvalue weighted by Crippen LogP contribution is 2.24. The largest absolute Gasteiger partial charge is 0.493 e. The van der Waals surface area contributed by atoms with Gasteiger partial charge < -0.3 is 9.64 Å². The van der Waals surface area contributed by atoms with Gasteiger partial charge in [-0.3, -0.25) is 4.79 Å². The van der Waals surface area contributed by atoms with E-state index in [1.165, 1.54) is 24.6 Å². The molecule has 0 aromatic heterocycles. The molecule has 1 heterocycles. The molecule has 1 saturated heterocycles. The van der Waals surface area contributed by atoms with Crippen molar-refractivity contribution in [2.24, 2.45) is 0 Å². The van der Waals surface area contributed by atoms with E-state index in [2.05, 4.69) is 17.0 Å². The number of nitrogens with zero attached hydrogens (tertiary/aromatic N) is 1. The molecule has 3 nitrogen and oxygen atoms in total. The lowest BCUT2D eigenvalue weighted by atomic mass is 10.3. The first-order chi connectivity index (χ1) is 8.90. The lowest BCUT2D eigenvalue weighted by molar-refractivity contribution is -0.104. The van der Waals surface area contributed by atoms with Crippen molar-refractivity contribution in [3.63, 3.8) is 0 Å². The first kappa shape index (κ1) is 12.7. The summed E-state index contributed by atoms with van der Waals surface area (Å²) in [6.07, 6.45) is 7.42. The van der Waals surface area contributed by atoms with Crippen LogP contribution < -0.4 is 9.64 Å². The van der Waals surface area contributed by atoms with Crippen molar-refractivity contribution in [3.05, 3.63) is 36.4 Å². The van der Waals surface area contributed by atoms with Gasteiger partial charge in [-0.2, -0.15) is 0 Å². The zero-order valence-corrected chi connectivity index (χ0v) is 10.5. The molecule has 3 heteroatoms. The van der Waals surface area contributed by atoms with Crippen LogP contribution in [-0.2, 0) is 4.79 Å². The number of carbonyl (C=O) groups excluding carboxylic acids is 1. The van der Waals surface area contributed by atoms with Crippen molar-refractivity contribution in [2.75, 3.05) is 24.6 Å². The third-order valence-corrected chi connectivity index (χ3v) is 3.06. The van der Waals surface area contributed by atoms with Crippen LogP contribution in [0.15, 0.2) is 36.4 Å². The molecule has 0 aliphatic carbocycles. The molecule has 0 spiro atoms. The zero-order valence-electron chi connectivity index (χ0n) is 10.5. The van der Waals surface area contributed by atoms with E-state index in [1.807, 2.05) is 18.2 Å². The van der Waals surface area contributed by atoms with Crippen LogP contribution in [0.5, 0.6) is 5.75 Å². The van der Waals surface area contributed by atoms with E-state index in [9.17, 15) is 4.79 Å². The molecule has 1 aromatic rings. The molecule has 96 valence electrons. The number of allylic oxidation sites excluding steroid dienone is 1. The van der Waals surface area contributed by atoms with Crippen LogP contribution in [0.3, 0.4) is 0 Å². The van der Waals surface area contributed by atoms with Crippen LogP contribution in [-0.4, -0.2) is 26.0 Å². The highest BCUT2D eigenvalue weighted by atomic mass is 16.5. The third kappa shape index (κ3) is 3.62. The summed E-state index contributed by atoms with van der Waals surface area (Å²) < 4.78 is 5.66. The summed E-state index contributed by atoms with van der Waals surface area (Å²) in [6, 6.07) is 8.23. The van der Waals surface area contributed by atoms with Gasteiger partial charge in [-0.1, -0.05) is 12.1 Å². The second-order valence-electron chi connectivity index (χ2n) is 4.39. The monoisotopic (exact) mass is 245 g/mol. The number of hydrogen-bond acceptors (Lipinski definition) is 3. The Hall–Kier alpha value is -1.77. The molecule has 1 aliphatic rings. The Morgan fingerprint density at radius 3 is 2.89 bits per heavy atom. The van der Waals surface area contributed by atoms with Gasteiger partial charge >= 0.3 is 0 Å². The summed E-state index contributed by atoms with van der Waals surface area (Å²) in [5.74, 6) is 0.902. The molecule has 0 unspecified atom stereocenters. The Morgan fingerprint density at radius 2 is 2.11 bits per heavy atom. The van der Waals surface area contributed by atoms with Crippen LogP contribution in [0.1, 0.15) is 19.3 Å². The number of aldehydes is 1. The zero-order chi connectivity index (χ0) is 12.6. The van der Waals surface area contributed by atoms with Crippen LogP contribution in [0.4, 0.5) is 5.69 Å². The molecule has 0 bridgehead atoms. The van der Waals surface area contributed by atoms with E-state index < -0.39 is 0 Å².